The summed E-state index contributed by atoms with van der Waals surface area (Å²) >= 11 is 1.69. The van der Waals surface area contributed by atoms with Crippen molar-refractivity contribution in [2.75, 3.05) is 11.1 Å². The van der Waals surface area contributed by atoms with E-state index in [0.717, 1.165) is 12.2 Å². The molecule has 2 rings (SSSR count). The monoisotopic (exact) mass is 218 g/mol. The van der Waals surface area contributed by atoms with Crippen LogP contribution in [0.1, 0.15) is 10.4 Å². The molecule has 15 heavy (non-hydrogen) atoms. The molecule has 0 fully saturated rings. The first-order chi connectivity index (χ1) is 7.27. The first kappa shape index (κ1) is 10.1. The van der Waals surface area contributed by atoms with Gasteiger partial charge in [0.05, 0.1) is 6.54 Å². The van der Waals surface area contributed by atoms with E-state index < -0.39 is 0 Å². The van der Waals surface area contributed by atoms with E-state index in [-0.39, 0.29) is 0 Å². The highest BCUT2D eigenvalue weighted by Crippen LogP contribution is 2.21. The number of anilines is 2. The summed E-state index contributed by atoms with van der Waals surface area (Å²) in [6.07, 6.45) is 0. The predicted octanol–water partition coefficient (Wildman–Crippen LogP) is 3.25. The number of thiophene rings is 1. The zero-order valence-corrected chi connectivity index (χ0v) is 9.47. The summed E-state index contributed by atoms with van der Waals surface area (Å²) in [6, 6.07) is 10.2. The van der Waals surface area contributed by atoms with Crippen LogP contribution in [0.3, 0.4) is 0 Å². The van der Waals surface area contributed by atoms with Crippen molar-refractivity contribution >= 4 is 22.7 Å². The van der Waals surface area contributed by atoms with Crippen molar-refractivity contribution in [2.45, 2.75) is 13.5 Å². The van der Waals surface area contributed by atoms with Crippen molar-refractivity contribution in [2.24, 2.45) is 0 Å². The van der Waals surface area contributed by atoms with Gasteiger partial charge in [0, 0.05) is 16.3 Å². The third kappa shape index (κ3) is 2.30. The average molecular weight is 218 g/mol. The fourth-order valence-corrected chi connectivity index (χ4v) is 2.18. The summed E-state index contributed by atoms with van der Waals surface area (Å²) in [6.45, 7) is 2.90. The minimum Gasteiger partial charge on any atom is -0.398 e. The molecule has 0 saturated carbocycles. The molecule has 0 atom stereocenters. The molecule has 0 spiro atoms. The van der Waals surface area contributed by atoms with Crippen LogP contribution < -0.4 is 11.1 Å². The molecule has 0 amide bonds. The zero-order chi connectivity index (χ0) is 10.7. The van der Waals surface area contributed by atoms with Gasteiger partial charge < -0.3 is 11.1 Å². The molecule has 1 aromatic carbocycles. The van der Waals surface area contributed by atoms with Crippen molar-refractivity contribution in [3.63, 3.8) is 0 Å². The second-order valence-corrected chi connectivity index (χ2v) is 4.47. The van der Waals surface area contributed by atoms with Crippen LogP contribution in [-0.4, -0.2) is 0 Å². The lowest BCUT2D eigenvalue weighted by Crippen LogP contribution is -2.01. The van der Waals surface area contributed by atoms with Gasteiger partial charge in [-0.1, -0.05) is 18.2 Å². The van der Waals surface area contributed by atoms with E-state index in [1.165, 1.54) is 16.1 Å². The Balaban J connectivity index is 2.06. The van der Waals surface area contributed by atoms with Crippen LogP contribution in [0.2, 0.25) is 0 Å². The number of nitrogens with one attached hydrogen (secondary N) is 1. The van der Waals surface area contributed by atoms with Crippen LogP contribution in [0.15, 0.2) is 35.7 Å². The quantitative estimate of drug-likeness (QED) is 0.830. The van der Waals surface area contributed by atoms with Gasteiger partial charge in [0.15, 0.2) is 0 Å². The van der Waals surface area contributed by atoms with E-state index in [1.54, 1.807) is 11.3 Å². The van der Waals surface area contributed by atoms with E-state index in [9.17, 15) is 0 Å². The summed E-state index contributed by atoms with van der Waals surface area (Å²) in [5.41, 5.74) is 9.12. The van der Waals surface area contributed by atoms with Crippen molar-refractivity contribution in [1.29, 1.82) is 0 Å². The number of hydrogen-bond donors (Lipinski definition) is 2. The molecule has 1 heterocycles. The lowest BCUT2D eigenvalue weighted by molar-refractivity contribution is 1.18. The Kier molecular flexibility index (Phi) is 2.92. The van der Waals surface area contributed by atoms with E-state index in [0.29, 0.717) is 0 Å². The maximum atomic E-state index is 5.81. The zero-order valence-electron chi connectivity index (χ0n) is 8.66. The molecule has 3 heteroatoms. The number of aryl methyl sites for hydroxylation is 1. The number of para-hydroxylation sites is 1. The minimum absolute atomic E-state index is 0.800. The molecule has 2 aromatic rings. The van der Waals surface area contributed by atoms with Crippen molar-refractivity contribution < 1.29 is 0 Å². The molecule has 0 aliphatic heterocycles. The Morgan fingerprint density at radius 3 is 2.73 bits per heavy atom. The number of nitrogen functional groups attached to an aromatic ring is 1. The standard InChI is InChI=1S/C12H14N2S/c1-9-4-2-3-5-11(9)14-8-12-10(13)6-7-15-12/h2-7,14H,8,13H2,1H3. The molecule has 0 aliphatic rings. The highest BCUT2D eigenvalue weighted by atomic mass is 32.1. The van der Waals surface area contributed by atoms with E-state index in [1.807, 2.05) is 23.6 Å². The third-order valence-electron chi connectivity index (χ3n) is 2.36. The summed E-state index contributed by atoms with van der Waals surface area (Å²) in [4.78, 5) is 1.19. The number of rotatable bonds is 3. The second kappa shape index (κ2) is 4.36. The first-order valence-corrected chi connectivity index (χ1v) is 5.76. The van der Waals surface area contributed by atoms with Crippen molar-refractivity contribution in [1.82, 2.24) is 0 Å². The van der Waals surface area contributed by atoms with E-state index in [4.69, 9.17) is 5.73 Å². The Labute approximate surface area is 93.7 Å². The fourth-order valence-electron chi connectivity index (χ4n) is 1.44. The van der Waals surface area contributed by atoms with Gasteiger partial charge in [0.25, 0.3) is 0 Å². The molecule has 78 valence electrons. The normalized spacial score (nSPS) is 10.2. The molecule has 0 radical (unpaired) electrons. The predicted molar refractivity (Wildman–Crippen MR) is 67.2 cm³/mol. The maximum Gasteiger partial charge on any atom is 0.0514 e. The Hall–Kier alpha value is -1.48. The lowest BCUT2D eigenvalue weighted by atomic mass is 10.2. The topological polar surface area (TPSA) is 38.0 Å². The average Bonchev–Trinajstić information content (AvgIpc) is 2.63. The van der Waals surface area contributed by atoms with Crippen LogP contribution in [0, 0.1) is 6.92 Å². The number of nitrogens with two attached hydrogens (primary N) is 1. The van der Waals surface area contributed by atoms with Crippen LogP contribution in [0.5, 0.6) is 0 Å². The molecular weight excluding hydrogens is 204 g/mol. The molecule has 1 aromatic heterocycles. The van der Waals surface area contributed by atoms with Crippen molar-refractivity contribution in [3.05, 3.63) is 46.2 Å². The summed E-state index contributed by atoms with van der Waals surface area (Å²) in [7, 11) is 0. The van der Waals surface area contributed by atoms with Gasteiger partial charge in [-0.15, -0.1) is 11.3 Å². The summed E-state index contributed by atoms with van der Waals surface area (Å²) in [5.74, 6) is 0. The smallest absolute Gasteiger partial charge is 0.0514 e. The lowest BCUT2D eigenvalue weighted by Gasteiger charge is -2.08. The molecular formula is C12H14N2S. The number of hydrogen-bond acceptors (Lipinski definition) is 3. The minimum atomic E-state index is 0.800. The molecule has 0 unspecified atom stereocenters. The van der Waals surface area contributed by atoms with Crippen LogP contribution >= 0.6 is 11.3 Å². The van der Waals surface area contributed by atoms with Crippen LogP contribution in [0.4, 0.5) is 11.4 Å². The second-order valence-electron chi connectivity index (χ2n) is 3.47. The maximum absolute atomic E-state index is 5.81. The van der Waals surface area contributed by atoms with Crippen LogP contribution in [0.25, 0.3) is 0 Å². The highest BCUT2D eigenvalue weighted by molar-refractivity contribution is 7.10. The Morgan fingerprint density at radius 2 is 2.07 bits per heavy atom. The van der Waals surface area contributed by atoms with Gasteiger partial charge in [0.1, 0.15) is 0 Å². The summed E-state index contributed by atoms with van der Waals surface area (Å²) in [5, 5.41) is 5.40. The third-order valence-corrected chi connectivity index (χ3v) is 3.30. The molecule has 0 saturated heterocycles. The van der Waals surface area contributed by atoms with E-state index in [2.05, 4.69) is 24.4 Å². The molecule has 2 nitrogen and oxygen atoms in total. The Bertz CT molecular complexity index is 448. The number of benzene rings is 1. The highest BCUT2D eigenvalue weighted by Gasteiger charge is 2.01. The first-order valence-electron chi connectivity index (χ1n) is 4.88. The molecule has 0 bridgehead atoms. The van der Waals surface area contributed by atoms with E-state index >= 15 is 0 Å². The van der Waals surface area contributed by atoms with Crippen LogP contribution in [-0.2, 0) is 6.54 Å². The van der Waals surface area contributed by atoms with Gasteiger partial charge in [-0.05, 0) is 30.0 Å². The SMILES string of the molecule is Cc1ccccc1NCc1sccc1N. The van der Waals surface area contributed by atoms with Gasteiger partial charge >= 0.3 is 0 Å². The van der Waals surface area contributed by atoms with Gasteiger partial charge in [-0.3, -0.25) is 0 Å². The van der Waals surface area contributed by atoms with Crippen molar-refractivity contribution in [3.8, 4) is 0 Å². The van der Waals surface area contributed by atoms with Gasteiger partial charge in [0.2, 0.25) is 0 Å². The molecule has 3 N–H and O–H groups in total. The van der Waals surface area contributed by atoms with Gasteiger partial charge in [-0.25, -0.2) is 0 Å². The fraction of sp³-hybridized carbons (Fsp3) is 0.167. The molecule has 0 aliphatic carbocycles. The summed E-state index contributed by atoms with van der Waals surface area (Å²) < 4.78 is 0. The Morgan fingerprint density at radius 1 is 1.27 bits per heavy atom. The largest absolute Gasteiger partial charge is 0.398 e. The van der Waals surface area contributed by atoms with Gasteiger partial charge in [-0.2, -0.15) is 0 Å².